The van der Waals surface area contributed by atoms with E-state index in [4.69, 9.17) is 0 Å². The van der Waals surface area contributed by atoms with E-state index < -0.39 is 0 Å². The highest BCUT2D eigenvalue weighted by Crippen LogP contribution is 2.31. The second-order valence-electron chi connectivity index (χ2n) is 6.55. The number of aromatic nitrogens is 5. The number of carbonyl (C=O) groups is 1. The molecule has 2 aromatic heterocycles. The Morgan fingerprint density at radius 2 is 2.13 bits per heavy atom. The number of likely N-dealkylation sites (tertiary alicyclic amines) is 1. The lowest BCUT2D eigenvalue weighted by molar-refractivity contribution is -0.139. The molecule has 8 nitrogen and oxygen atoms in total. The largest absolute Gasteiger partial charge is 0.338 e. The van der Waals surface area contributed by atoms with Gasteiger partial charge in [0.05, 0.1) is 12.6 Å². The van der Waals surface area contributed by atoms with Crippen LogP contribution in [0.3, 0.4) is 0 Å². The van der Waals surface area contributed by atoms with E-state index >= 15 is 0 Å². The predicted molar refractivity (Wildman–Crippen MR) is 82.8 cm³/mol. The van der Waals surface area contributed by atoms with E-state index in [1.807, 2.05) is 4.90 Å². The third kappa shape index (κ3) is 2.42. The SMILES string of the molecule is Cc1nc2c(nnn2C[C@H]2CCCN2C(=O)C2CCC2)c(=O)[nH]1. The second kappa shape index (κ2) is 5.43. The molecule has 1 aliphatic carbocycles. The summed E-state index contributed by atoms with van der Waals surface area (Å²) in [5.41, 5.74) is 0.479. The van der Waals surface area contributed by atoms with Gasteiger partial charge >= 0.3 is 0 Å². The van der Waals surface area contributed by atoms with Gasteiger partial charge in [-0.05, 0) is 32.6 Å². The summed E-state index contributed by atoms with van der Waals surface area (Å²) in [6.45, 7) is 3.10. The first-order valence-electron chi connectivity index (χ1n) is 8.24. The van der Waals surface area contributed by atoms with Crippen LogP contribution in [0.1, 0.15) is 37.9 Å². The van der Waals surface area contributed by atoms with E-state index in [2.05, 4.69) is 20.3 Å². The van der Waals surface area contributed by atoms with Gasteiger partial charge in [-0.15, -0.1) is 5.10 Å². The van der Waals surface area contributed by atoms with Crippen LogP contribution in [-0.2, 0) is 11.3 Å². The standard InChI is InChI=1S/C15H20N6O2/c1-9-16-13-12(14(22)17-9)18-19-21(13)8-11-6-3-7-20(11)15(23)10-4-2-5-10/h10-11H,2-8H2,1H3,(H,16,17,22)/t11-/m1/s1. The molecule has 1 saturated heterocycles. The lowest BCUT2D eigenvalue weighted by Gasteiger charge is -2.32. The summed E-state index contributed by atoms with van der Waals surface area (Å²) in [7, 11) is 0. The number of carbonyl (C=O) groups excluding carboxylic acids is 1. The highest BCUT2D eigenvalue weighted by molar-refractivity contribution is 5.80. The maximum atomic E-state index is 12.5. The fraction of sp³-hybridized carbons (Fsp3) is 0.667. The molecule has 1 atom stereocenters. The van der Waals surface area contributed by atoms with Crippen molar-refractivity contribution in [3.63, 3.8) is 0 Å². The van der Waals surface area contributed by atoms with Crippen LogP contribution in [0, 0.1) is 12.8 Å². The van der Waals surface area contributed by atoms with E-state index in [1.165, 1.54) is 0 Å². The van der Waals surface area contributed by atoms with Gasteiger partial charge in [-0.2, -0.15) is 0 Å². The molecule has 1 N–H and O–H groups in total. The van der Waals surface area contributed by atoms with Gasteiger partial charge in [0.1, 0.15) is 5.82 Å². The maximum Gasteiger partial charge on any atom is 0.281 e. The van der Waals surface area contributed by atoms with E-state index in [-0.39, 0.29) is 28.9 Å². The minimum atomic E-state index is -0.271. The van der Waals surface area contributed by atoms with Crippen LogP contribution in [0.2, 0.25) is 0 Å². The monoisotopic (exact) mass is 316 g/mol. The summed E-state index contributed by atoms with van der Waals surface area (Å²) in [5, 5.41) is 8.02. The highest BCUT2D eigenvalue weighted by Gasteiger charge is 2.36. The van der Waals surface area contributed by atoms with Gasteiger partial charge in [0.15, 0.2) is 11.2 Å². The molecule has 4 rings (SSSR count). The number of rotatable bonds is 3. The van der Waals surface area contributed by atoms with Crippen molar-refractivity contribution in [3.8, 4) is 0 Å². The molecule has 122 valence electrons. The van der Waals surface area contributed by atoms with Crippen molar-refractivity contribution in [2.45, 2.75) is 51.6 Å². The number of nitrogens with zero attached hydrogens (tertiary/aromatic N) is 5. The molecule has 2 fully saturated rings. The fourth-order valence-corrected chi connectivity index (χ4v) is 3.50. The van der Waals surface area contributed by atoms with Crippen molar-refractivity contribution in [1.29, 1.82) is 0 Å². The van der Waals surface area contributed by atoms with Crippen LogP contribution in [0.25, 0.3) is 11.2 Å². The summed E-state index contributed by atoms with van der Waals surface area (Å²) in [4.78, 5) is 33.4. The van der Waals surface area contributed by atoms with Gasteiger partial charge in [0.2, 0.25) is 5.91 Å². The first-order chi connectivity index (χ1) is 11.1. The van der Waals surface area contributed by atoms with Crippen LogP contribution in [0.4, 0.5) is 0 Å². The number of nitrogens with one attached hydrogen (secondary N) is 1. The molecule has 0 bridgehead atoms. The number of hydrogen-bond acceptors (Lipinski definition) is 5. The van der Waals surface area contributed by atoms with Crippen LogP contribution in [0.5, 0.6) is 0 Å². The zero-order valence-electron chi connectivity index (χ0n) is 13.2. The smallest absolute Gasteiger partial charge is 0.281 e. The topological polar surface area (TPSA) is 96.8 Å². The third-order valence-corrected chi connectivity index (χ3v) is 4.99. The number of H-pyrrole nitrogens is 1. The van der Waals surface area contributed by atoms with Crippen molar-refractivity contribution < 1.29 is 4.79 Å². The summed E-state index contributed by atoms with van der Waals surface area (Å²) in [5.74, 6) is 1.04. The van der Waals surface area contributed by atoms with Crippen LogP contribution >= 0.6 is 0 Å². The normalized spacial score (nSPS) is 21.8. The minimum absolute atomic E-state index is 0.120. The van der Waals surface area contributed by atoms with Crippen LogP contribution in [-0.4, -0.2) is 48.4 Å². The molecule has 0 radical (unpaired) electrons. The number of hydrogen-bond donors (Lipinski definition) is 1. The fourth-order valence-electron chi connectivity index (χ4n) is 3.50. The van der Waals surface area contributed by atoms with Crippen molar-refractivity contribution in [2.24, 2.45) is 5.92 Å². The zero-order valence-corrected chi connectivity index (χ0v) is 13.2. The molecule has 2 aromatic rings. The molecule has 2 aliphatic rings. The molecular weight excluding hydrogens is 296 g/mol. The number of aryl methyl sites for hydroxylation is 1. The van der Waals surface area contributed by atoms with E-state index in [1.54, 1.807) is 11.6 Å². The average Bonchev–Trinajstić information content (AvgIpc) is 3.05. The summed E-state index contributed by atoms with van der Waals surface area (Å²) in [6, 6.07) is 0.120. The number of aromatic amines is 1. The van der Waals surface area contributed by atoms with E-state index in [0.717, 1.165) is 38.6 Å². The molecule has 1 saturated carbocycles. The van der Waals surface area contributed by atoms with Crippen LogP contribution in [0.15, 0.2) is 4.79 Å². The van der Waals surface area contributed by atoms with Gasteiger partial charge in [-0.25, -0.2) is 9.67 Å². The molecule has 0 spiro atoms. The molecule has 0 unspecified atom stereocenters. The molecule has 0 aromatic carbocycles. The molecule has 1 aliphatic heterocycles. The Morgan fingerprint density at radius 3 is 2.87 bits per heavy atom. The first-order valence-corrected chi connectivity index (χ1v) is 8.24. The van der Waals surface area contributed by atoms with Gasteiger partial charge in [0.25, 0.3) is 5.56 Å². The average molecular weight is 316 g/mol. The van der Waals surface area contributed by atoms with Crippen molar-refractivity contribution in [2.75, 3.05) is 6.54 Å². The quantitative estimate of drug-likeness (QED) is 0.895. The Labute approximate surface area is 132 Å². The first kappa shape index (κ1) is 14.3. The summed E-state index contributed by atoms with van der Waals surface area (Å²) in [6.07, 6.45) is 5.17. The van der Waals surface area contributed by atoms with E-state index in [9.17, 15) is 9.59 Å². The predicted octanol–water partition coefficient (Wildman–Crippen LogP) is 0.614. The van der Waals surface area contributed by atoms with Gasteiger partial charge in [0, 0.05) is 12.5 Å². The Morgan fingerprint density at radius 1 is 1.30 bits per heavy atom. The van der Waals surface area contributed by atoms with Crippen molar-refractivity contribution in [3.05, 3.63) is 16.2 Å². The zero-order chi connectivity index (χ0) is 16.0. The van der Waals surface area contributed by atoms with Gasteiger partial charge in [-0.3, -0.25) is 9.59 Å². The second-order valence-corrected chi connectivity index (χ2v) is 6.55. The molecular formula is C15H20N6O2. The van der Waals surface area contributed by atoms with Crippen molar-refractivity contribution >= 4 is 17.1 Å². The molecule has 3 heterocycles. The molecule has 23 heavy (non-hydrogen) atoms. The molecule has 1 amide bonds. The lowest BCUT2D eigenvalue weighted by atomic mass is 9.84. The third-order valence-electron chi connectivity index (χ3n) is 4.99. The Bertz CT molecular complexity index is 806. The van der Waals surface area contributed by atoms with Gasteiger partial charge < -0.3 is 9.88 Å². The minimum Gasteiger partial charge on any atom is -0.338 e. The van der Waals surface area contributed by atoms with Crippen molar-refractivity contribution in [1.82, 2.24) is 29.9 Å². The number of fused-ring (bicyclic) bond motifs is 1. The Hall–Kier alpha value is -2.25. The highest BCUT2D eigenvalue weighted by atomic mass is 16.2. The lowest BCUT2D eigenvalue weighted by Crippen LogP contribution is -2.43. The summed E-state index contributed by atoms with van der Waals surface area (Å²) >= 11 is 0. The Kier molecular flexibility index (Phi) is 3.39. The summed E-state index contributed by atoms with van der Waals surface area (Å²) < 4.78 is 1.66. The maximum absolute atomic E-state index is 12.5. The van der Waals surface area contributed by atoms with Gasteiger partial charge in [-0.1, -0.05) is 11.6 Å². The Balaban J connectivity index is 1.59. The number of amides is 1. The van der Waals surface area contributed by atoms with E-state index in [0.29, 0.717) is 18.0 Å². The van der Waals surface area contributed by atoms with Crippen LogP contribution < -0.4 is 5.56 Å². The molecule has 8 heteroatoms.